The Labute approximate surface area is 124 Å². The van der Waals surface area contributed by atoms with Crippen molar-refractivity contribution in [2.24, 2.45) is 0 Å². The van der Waals surface area contributed by atoms with Gasteiger partial charge in [0.15, 0.2) is 0 Å². The Kier molecular flexibility index (Phi) is 5.36. The summed E-state index contributed by atoms with van der Waals surface area (Å²) in [5.41, 5.74) is 0.235. The molecule has 0 heterocycles. The average molecular weight is 316 g/mol. The van der Waals surface area contributed by atoms with Gasteiger partial charge >= 0.3 is 5.97 Å². The molecule has 21 heavy (non-hydrogen) atoms. The summed E-state index contributed by atoms with van der Waals surface area (Å²) in [4.78, 5) is 10.6. The summed E-state index contributed by atoms with van der Waals surface area (Å²) in [7, 11) is -3.15. The number of aromatic hydroxyl groups is 1. The fourth-order valence-electron chi connectivity index (χ4n) is 2.06. The summed E-state index contributed by atoms with van der Waals surface area (Å²) in [6.45, 7) is 3.79. The monoisotopic (exact) mass is 316 g/mol. The number of phenols is 1. The molecule has 0 bridgehead atoms. The Hall–Kier alpha value is -1.60. The van der Waals surface area contributed by atoms with Gasteiger partial charge in [-0.25, -0.2) is 0 Å². The van der Waals surface area contributed by atoms with E-state index in [9.17, 15) is 18.3 Å². The largest absolute Gasteiger partial charge is 0.506 e. The van der Waals surface area contributed by atoms with Crippen LogP contribution in [0.15, 0.2) is 23.1 Å². The molecule has 6 nitrogen and oxygen atoms in total. The molecule has 118 valence electrons. The summed E-state index contributed by atoms with van der Waals surface area (Å²) in [6.07, 6.45) is 1.49. The van der Waals surface area contributed by atoms with Crippen molar-refractivity contribution < 1.29 is 27.6 Å². The lowest BCUT2D eigenvalue weighted by Gasteiger charge is -2.25. The number of methoxy groups -OCH3 is 1. The van der Waals surface area contributed by atoms with E-state index < -0.39 is 26.2 Å². The maximum absolute atomic E-state index is 11.2. The van der Waals surface area contributed by atoms with Crippen LogP contribution in [0.3, 0.4) is 0 Å². The number of phenolic OH excluding ortho intramolecular Hbond substituents is 1. The predicted octanol–water partition coefficient (Wildman–Crippen LogP) is 2.26. The molecule has 0 aromatic heterocycles. The van der Waals surface area contributed by atoms with Crippen LogP contribution >= 0.6 is 0 Å². The fourth-order valence-corrected chi connectivity index (χ4v) is 2.67. The van der Waals surface area contributed by atoms with E-state index in [4.69, 9.17) is 4.55 Å². The van der Waals surface area contributed by atoms with Gasteiger partial charge in [-0.3, -0.25) is 9.35 Å². The van der Waals surface area contributed by atoms with E-state index in [0.717, 1.165) is 0 Å². The summed E-state index contributed by atoms with van der Waals surface area (Å²) in [5.74, 6) is -0.790. The van der Waals surface area contributed by atoms with E-state index in [0.29, 0.717) is 18.4 Å². The van der Waals surface area contributed by atoms with Gasteiger partial charge in [0.05, 0.1) is 7.11 Å². The zero-order chi connectivity index (χ0) is 16.3. The molecule has 0 saturated heterocycles. The molecule has 0 aliphatic heterocycles. The van der Waals surface area contributed by atoms with Crippen molar-refractivity contribution in [2.45, 2.75) is 43.4 Å². The molecule has 1 rings (SSSR count). The highest BCUT2D eigenvalue weighted by atomic mass is 32.2. The van der Waals surface area contributed by atoms with Gasteiger partial charge in [0.2, 0.25) is 0 Å². The lowest BCUT2D eigenvalue weighted by molar-refractivity contribution is -0.140. The molecule has 1 aromatic carbocycles. The first-order chi connectivity index (χ1) is 9.58. The van der Waals surface area contributed by atoms with E-state index in [1.54, 1.807) is 6.07 Å². The number of hydrogen-bond donors (Lipinski definition) is 2. The van der Waals surface area contributed by atoms with Crippen LogP contribution in [0.4, 0.5) is 0 Å². The third-order valence-electron chi connectivity index (χ3n) is 3.43. The second-order valence-electron chi connectivity index (χ2n) is 5.47. The van der Waals surface area contributed by atoms with E-state index in [1.165, 1.54) is 19.2 Å². The van der Waals surface area contributed by atoms with Crippen molar-refractivity contribution in [1.29, 1.82) is 0 Å². The van der Waals surface area contributed by atoms with Crippen molar-refractivity contribution in [3.05, 3.63) is 23.8 Å². The van der Waals surface area contributed by atoms with Crippen LogP contribution in [0, 0.1) is 0 Å². The Balaban J connectivity index is 2.96. The van der Waals surface area contributed by atoms with Crippen LogP contribution in [-0.2, 0) is 25.1 Å². The van der Waals surface area contributed by atoms with Gasteiger partial charge in [0, 0.05) is 6.42 Å². The SMILES string of the molecule is COC(=O)CCCC(C)(C)c1ccc(O)c(S(=O)(=O)O)c1. The van der Waals surface area contributed by atoms with Crippen molar-refractivity contribution in [3.8, 4) is 5.75 Å². The minimum atomic E-state index is -4.48. The number of ether oxygens (including phenoxy) is 1. The number of hydrogen-bond acceptors (Lipinski definition) is 5. The van der Waals surface area contributed by atoms with Crippen molar-refractivity contribution >= 4 is 16.1 Å². The molecule has 0 aliphatic rings. The van der Waals surface area contributed by atoms with Gasteiger partial charge in [-0.15, -0.1) is 0 Å². The summed E-state index contributed by atoms with van der Waals surface area (Å²) >= 11 is 0. The zero-order valence-electron chi connectivity index (χ0n) is 12.3. The van der Waals surface area contributed by atoms with E-state index in [-0.39, 0.29) is 12.4 Å². The maximum Gasteiger partial charge on any atom is 0.305 e. The molecule has 0 fully saturated rings. The first-order valence-electron chi connectivity index (χ1n) is 6.46. The topological polar surface area (TPSA) is 101 Å². The predicted molar refractivity (Wildman–Crippen MR) is 76.8 cm³/mol. The molecule has 2 N–H and O–H groups in total. The van der Waals surface area contributed by atoms with Gasteiger partial charge in [-0.1, -0.05) is 19.9 Å². The first-order valence-corrected chi connectivity index (χ1v) is 7.90. The van der Waals surface area contributed by atoms with Crippen molar-refractivity contribution in [1.82, 2.24) is 0 Å². The minimum Gasteiger partial charge on any atom is -0.506 e. The Bertz CT molecular complexity index is 618. The number of rotatable bonds is 6. The standard InChI is InChI=1S/C14H20O6S/c1-14(2,8-4-5-13(16)20-3)10-6-7-11(15)12(9-10)21(17,18)19/h6-7,9,15H,4-5,8H2,1-3H3,(H,17,18,19). The Morgan fingerprint density at radius 2 is 1.95 bits per heavy atom. The number of esters is 1. The Morgan fingerprint density at radius 1 is 1.33 bits per heavy atom. The summed E-state index contributed by atoms with van der Waals surface area (Å²) in [5, 5.41) is 9.52. The number of benzene rings is 1. The van der Waals surface area contributed by atoms with Crippen LogP contribution < -0.4 is 0 Å². The summed E-state index contributed by atoms with van der Waals surface area (Å²) in [6, 6.07) is 4.09. The molecule has 0 unspecified atom stereocenters. The van der Waals surface area contributed by atoms with E-state index >= 15 is 0 Å². The maximum atomic E-state index is 11.2. The van der Waals surface area contributed by atoms with E-state index in [2.05, 4.69) is 4.74 Å². The molecule has 7 heteroatoms. The smallest absolute Gasteiger partial charge is 0.305 e. The van der Waals surface area contributed by atoms with Crippen LogP contribution in [0.1, 0.15) is 38.7 Å². The van der Waals surface area contributed by atoms with Crippen molar-refractivity contribution in [2.75, 3.05) is 7.11 Å². The molecule has 0 radical (unpaired) electrons. The van der Waals surface area contributed by atoms with Crippen LogP contribution in [0.2, 0.25) is 0 Å². The molecule has 0 saturated carbocycles. The van der Waals surface area contributed by atoms with Gasteiger partial charge in [-0.2, -0.15) is 8.42 Å². The number of carbonyl (C=O) groups is 1. The second-order valence-corrected chi connectivity index (χ2v) is 6.86. The molecular weight excluding hydrogens is 296 g/mol. The third-order valence-corrected chi connectivity index (χ3v) is 4.31. The molecule has 1 aromatic rings. The quantitative estimate of drug-likeness (QED) is 0.616. The van der Waals surface area contributed by atoms with Crippen LogP contribution in [0.5, 0.6) is 5.75 Å². The molecule has 0 spiro atoms. The number of carbonyl (C=O) groups excluding carboxylic acids is 1. The van der Waals surface area contributed by atoms with Crippen LogP contribution in [0.25, 0.3) is 0 Å². The lowest BCUT2D eigenvalue weighted by atomic mass is 9.80. The van der Waals surface area contributed by atoms with E-state index in [1.807, 2.05) is 13.8 Å². The second kappa shape index (κ2) is 6.44. The zero-order valence-corrected chi connectivity index (χ0v) is 13.1. The highest BCUT2D eigenvalue weighted by molar-refractivity contribution is 7.86. The lowest BCUT2D eigenvalue weighted by Crippen LogP contribution is -2.18. The normalized spacial score (nSPS) is 12.2. The average Bonchev–Trinajstić information content (AvgIpc) is 2.37. The Morgan fingerprint density at radius 3 is 2.48 bits per heavy atom. The first kappa shape index (κ1) is 17.5. The highest BCUT2D eigenvalue weighted by Crippen LogP contribution is 2.33. The van der Waals surface area contributed by atoms with Gasteiger partial charge in [-0.05, 0) is 36.0 Å². The van der Waals surface area contributed by atoms with Gasteiger partial charge in [0.25, 0.3) is 10.1 Å². The summed E-state index contributed by atoms with van der Waals surface area (Å²) < 4.78 is 36.1. The van der Waals surface area contributed by atoms with Gasteiger partial charge < -0.3 is 9.84 Å². The minimum absolute atomic E-state index is 0.281. The molecule has 0 atom stereocenters. The third kappa shape index (κ3) is 4.71. The molecular formula is C14H20O6S. The van der Waals surface area contributed by atoms with Gasteiger partial charge in [0.1, 0.15) is 10.6 Å². The fraction of sp³-hybridized carbons (Fsp3) is 0.500. The molecule has 0 amide bonds. The van der Waals surface area contributed by atoms with Crippen molar-refractivity contribution in [3.63, 3.8) is 0 Å². The molecule has 0 aliphatic carbocycles. The van der Waals surface area contributed by atoms with Crippen LogP contribution in [-0.4, -0.2) is 31.2 Å². The highest BCUT2D eigenvalue weighted by Gasteiger charge is 2.24.